The van der Waals surface area contributed by atoms with E-state index >= 15 is 0 Å². The molecule has 0 saturated carbocycles. The molecule has 2 N–H and O–H groups in total. The molecule has 0 unspecified atom stereocenters. The third-order valence-electron chi connectivity index (χ3n) is 2.59. The smallest absolute Gasteiger partial charge is 0.142 e. The Balaban J connectivity index is 2.11. The Morgan fingerprint density at radius 2 is 2.00 bits per heavy atom. The molecule has 0 radical (unpaired) electrons. The summed E-state index contributed by atoms with van der Waals surface area (Å²) in [6.45, 7) is 2.03. The molecule has 0 bridgehead atoms. The van der Waals surface area contributed by atoms with Crippen molar-refractivity contribution in [2.45, 2.75) is 17.6 Å². The molecular weight excluding hydrogens is 269 g/mol. The number of nitrogen functional groups attached to an aromatic ring is 1. The van der Waals surface area contributed by atoms with Crippen molar-refractivity contribution in [2.75, 3.05) is 5.73 Å². The van der Waals surface area contributed by atoms with Crippen LogP contribution in [0.4, 0.5) is 10.1 Å². The number of nitrogens with two attached hydrogens (primary N) is 1. The van der Waals surface area contributed by atoms with Crippen LogP contribution in [0.25, 0.3) is 0 Å². The first kappa shape index (κ1) is 13.2. The molecule has 2 aromatic rings. The molecule has 18 heavy (non-hydrogen) atoms. The summed E-state index contributed by atoms with van der Waals surface area (Å²) in [5.41, 5.74) is 8.57. The van der Waals surface area contributed by atoms with E-state index in [1.165, 1.54) is 11.6 Å². The lowest BCUT2D eigenvalue weighted by atomic mass is 10.2. The van der Waals surface area contributed by atoms with Crippen molar-refractivity contribution in [2.24, 2.45) is 0 Å². The summed E-state index contributed by atoms with van der Waals surface area (Å²) in [6, 6.07) is 10.7. The lowest BCUT2D eigenvalue weighted by Crippen LogP contribution is -1.89. The number of thioether (sulfide) groups is 1. The molecule has 94 valence electrons. The van der Waals surface area contributed by atoms with Gasteiger partial charge < -0.3 is 5.73 Å². The van der Waals surface area contributed by atoms with Crippen LogP contribution in [0.3, 0.4) is 0 Å². The average Bonchev–Trinajstić information content (AvgIpc) is 2.34. The summed E-state index contributed by atoms with van der Waals surface area (Å²) < 4.78 is 13.3. The Morgan fingerprint density at radius 3 is 2.72 bits per heavy atom. The Bertz CT molecular complexity index is 572. The molecule has 0 aromatic heterocycles. The highest BCUT2D eigenvalue weighted by Gasteiger charge is 2.04. The Hall–Kier alpha value is -1.19. The van der Waals surface area contributed by atoms with Crippen LogP contribution in [-0.4, -0.2) is 0 Å². The number of halogens is 2. The van der Waals surface area contributed by atoms with E-state index < -0.39 is 0 Å². The maximum Gasteiger partial charge on any atom is 0.142 e. The summed E-state index contributed by atoms with van der Waals surface area (Å²) in [6.07, 6.45) is 0. The van der Waals surface area contributed by atoms with Gasteiger partial charge in [0.05, 0.1) is 5.02 Å². The number of hydrogen-bond donors (Lipinski definition) is 1. The van der Waals surface area contributed by atoms with Crippen LogP contribution < -0.4 is 5.73 Å². The van der Waals surface area contributed by atoms with Gasteiger partial charge in [-0.05, 0) is 42.3 Å². The lowest BCUT2D eigenvalue weighted by molar-refractivity contribution is 0.627. The van der Waals surface area contributed by atoms with Crippen LogP contribution in [0.5, 0.6) is 0 Å². The van der Waals surface area contributed by atoms with Crippen LogP contribution in [0, 0.1) is 12.7 Å². The predicted molar refractivity (Wildman–Crippen MR) is 76.6 cm³/mol. The third-order valence-corrected chi connectivity index (χ3v) is 4.13. The standard InChI is InChI=1S/C14H13ClFNS/c1-9-2-4-11(17)7-14(9)18-8-10-3-5-12(15)13(16)6-10/h2-7H,8,17H2,1H3. The highest BCUT2D eigenvalue weighted by molar-refractivity contribution is 7.98. The lowest BCUT2D eigenvalue weighted by Gasteiger charge is -2.07. The second kappa shape index (κ2) is 5.63. The van der Waals surface area contributed by atoms with Gasteiger partial charge in [0.15, 0.2) is 0 Å². The van der Waals surface area contributed by atoms with Crippen molar-refractivity contribution in [3.05, 3.63) is 58.4 Å². The monoisotopic (exact) mass is 281 g/mol. The fourth-order valence-electron chi connectivity index (χ4n) is 1.56. The van der Waals surface area contributed by atoms with Gasteiger partial charge in [0.25, 0.3) is 0 Å². The molecule has 2 aromatic carbocycles. The van der Waals surface area contributed by atoms with Gasteiger partial charge in [-0.25, -0.2) is 4.39 Å². The first-order chi connectivity index (χ1) is 8.56. The highest BCUT2D eigenvalue weighted by atomic mass is 35.5. The molecule has 0 aliphatic carbocycles. The molecule has 0 aliphatic rings. The predicted octanol–water partition coefficient (Wildman–Crippen LogP) is 4.66. The molecule has 0 atom stereocenters. The first-order valence-electron chi connectivity index (χ1n) is 5.49. The molecule has 0 heterocycles. The summed E-state index contributed by atoms with van der Waals surface area (Å²) >= 11 is 7.28. The van der Waals surface area contributed by atoms with Crippen LogP contribution in [0.2, 0.25) is 5.02 Å². The number of benzene rings is 2. The van der Waals surface area contributed by atoms with Gasteiger partial charge in [0, 0.05) is 16.3 Å². The Labute approximate surface area is 115 Å². The van der Waals surface area contributed by atoms with Gasteiger partial charge in [-0.1, -0.05) is 23.7 Å². The summed E-state index contributed by atoms with van der Waals surface area (Å²) in [5.74, 6) is 0.317. The summed E-state index contributed by atoms with van der Waals surface area (Å²) in [5, 5.41) is 0.156. The molecule has 4 heteroatoms. The fraction of sp³-hybridized carbons (Fsp3) is 0.143. The van der Waals surface area contributed by atoms with Crippen molar-refractivity contribution in [1.29, 1.82) is 0 Å². The van der Waals surface area contributed by atoms with Gasteiger partial charge in [0.1, 0.15) is 5.82 Å². The zero-order chi connectivity index (χ0) is 13.1. The van der Waals surface area contributed by atoms with Crippen molar-refractivity contribution < 1.29 is 4.39 Å². The number of anilines is 1. The minimum absolute atomic E-state index is 0.156. The van der Waals surface area contributed by atoms with Crippen molar-refractivity contribution in [1.82, 2.24) is 0 Å². The molecule has 0 aliphatic heterocycles. The maximum absolute atomic E-state index is 13.3. The molecule has 0 saturated heterocycles. The van der Waals surface area contributed by atoms with Crippen LogP contribution in [0.15, 0.2) is 41.3 Å². The maximum atomic E-state index is 13.3. The van der Waals surface area contributed by atoms with Crippen molar-refractivity contribution in [3.63, 3.8) is 0 Å². The van der Waals surface area contributed by atoms with Gasteiger partial charge in [-0.3, -0.25) is 0 Å². The van der Waals surface area contributed by atoms with Crippen molar-refractivity contribution in [3.8, 4) is 0 Å². The van der Waals surface area contributed by atoms with Crippen LogP contribution >= 0.6 is 23.4 Å². The van der Waals surface area contributed by atoms with E-state index in [1.807, 2.05) is 31.2 Å². The van der Waals surface area contributed by atoms with E-state index in [0.29, 0.717) is 5.75 Å². The average molecular weight is 282 g/mol. The van der Waals surface area contributed by atoms with Crippen LogP contribution in [-0.2, 0) is 5.75 Å². The van der Waals surface area contributed by atoms with E-state index in [2.05, 4.69) is 0 Å². The van der Waals surface area contributed by atoms with E-state index in [9.17, 15) is 4.39 Å². The fourth-order valence-corrected chi connectivity index (χ4v) is 2.70. The Morgan fingerprint density at radius 1 is 1.22 bits per heavy atom. The summed E-state index contributed by atoms with van der Waals surface area (Å²) in [7, 11) is 0. The van der Waals surface area contributed by atoms with Crippen LogP contribution in [0.1, 0.15) is 11.1 Å². The quantitative estimate of drug-likeness (QED) is 0.654. The third kappa shape index (κ3) is 3.18. The van der Waals surface area contributed by atoms with Gasteiger partial charge >= 0.3 is 0 Å². The molecule has 1 nitrogen and oxygen atoms in total. The van der Waals surface area contributed by atoms with Crippen molar-refractivity contribution >= 4 is 29.1 Å². The number of rotatable bonds is 3. The first-order valence-corrected chi connectivity index (χ1v) is 6.85. The molecule has 0 amide bonds. The number of hydrogen-bond acceptors (Lipinski definition) is 2. The van der Waals surface area contributed by atoms with Gasteiger partial charge in [0.2, 0.25) is 0 Å². The zero-order valence-corrected chi connectivity index (χ0v) is 11.5. The normalized spacial score (nSPS) is 10.6. The second-order valence-electron chi connectivity index (χ2n) is 4.06. The second-order valence-corrected chi connectivity index (χ2v) is 5.49. The number of aryl methyl sites for hydroxylation is 1. The van der Waals surface area contributed by atoms with Gasteiger partial charge in [-0.2, -0.15) is 0 Å². The molecular formula is C14H13ClFNS. The summed E-state index contributed by atoms with van der Waals surface area (Å²) in [4.78, 5) is 1.12. The molecule has 0 spiro atoms. The zero-order valence-electron chi connectivity index (χ0n) is 9.91. The minimum Gasteiger partial charge on any atom is -0.399 e. The topological polar surface area (TPSA) is 26.0 Å². The molecule has 0 fully saturated rings. The SMILES string of the molecule is Cc1ccc(N)cc1SCc1ccc(Cl)c(F)c1. The van der Waals surface area contributed by atoms with E-state index in [-0.39, 0.29) is 10.8 Å². The largest absolute Gasteiger partial charge is 0.399 e. The Kier molecular flexibility index (Phi) is 4.15. The minimum atomic E-state index is -0.376. The van der Waals surface area contributed by atoms with E-state index in [1.54, 1.807) is 17.8 Å². The van der Waals surface area contributed by atoms with Gasteiger partial charge in [-0.15, -0.1) is 11.8 Å². The molecule has 2 rings (SSSR count). The van der Waals surface area contributed by atoms with E-state index in [4.69, 9.17) is 17.3 Å². The van der Waals surface area contributed by atoms with E-state index in [0.717, 1.165) is 16.1 Å². The highest BCUT2D eigenvalue weighted by Crippen LogP contribution is 2.28.